The molecule has 0 unspecified atom stereocenters. The molecule has 0 aliphatic carbocycles. The number of carboxylic acids is 1. The van der Waals surface area contributed by atoms with Crippen molar-refractivity contribution < 1.29 is 15.0 Å². The van der Waals surface area contributed by atoms with Gasteiger partial charge in [0.25, 0.3) is 0 Å². The molecule has 0 bridgehead atoms. The average Bonchev–Trinajstić information content (AvgIpc) is 2.47. The van der Waals surface area contributed by atoms with Crippen molar-refractivity contribution in [3.63, 3.8) is 0 Å². The van der Waals surface area contributed by atoms with Crippen LogP contribution in [0.2, 0.25) is 0 Å². The number of carbonyl (C=O) groups is 1. The fourth-order valence-corrected chi connectivity index (χ4v) is 2.31. The molecule has 0 fully saturated rings. The van der Waals surface area contributed by atoms with Crippen LogP contribution in [0.3, 0.4) is 0 Å². The lowest BCUT2D eigenvalue weighted by molar-refractivity contribution is 0.0697. The zero-order chi connectivity index (χ0) is 14.5. The maximum Gasteiger partial charge on any atom is 0.339 e. The van der Waals surface area contributed by atoms with Gasteiger partial charge in [0.05, 0.1) is 11.2 Å². The maximum atomic E-state index is 11.4. The largest absolute Gasteiger partial charge is 0.478 e. The Morgan fingerprint density at radius 3 is 2.75 bits per heavy atom. The van der Waals surface area contributed by atoms with E-state index in [4.69, 9.17) is 5.11 Å². The minimum absolute atomic E-state index is 0.0852. The van der Waals surface area contributed by atoms with Crippen molar-refractivity contribution in [3.8, 4) is 0 Å². The number of benzene rings is 1. The van der Waals surface area contributed by atoms with Gasteiger partial charge in [-0.25, -0.2) is 4.79 Å². The van der Waals surface area contributed by atoms with Crippen molar-refractivity contribution in [2.45, 2.75) is 13.3 Å². The summed E-state index contributed by atoms with van der Waals surface area (Å²) in [5.74, 6) is -0.985. The fourth-order valence-electron chi connectivity index (χ4n) is 2.31. The Labute approximate surface area is 117 Å². The van der Waals surface area contributed by atoms with Gasteiger partial charge in [-0.05, 0) is 19.4 Å². The summed E-state index contributed by atoms with van der Waals surface area (Å²) in [6, 6.07) is 7.50. The Morgan fingerprint density at radius 1 is 1.35 bits per heavy atom. The number of carboxylic acid groups (broad SMARTS) is 1. The minimum atomic E-state index is -0.985. The van der Waals surface area contributed by atoms with Crippen LogP contribution >= 0.6 is 0 Å². The second kappa shape index (κ2) is 6.34. The van der Waals surface area contributed by atoms with Crippen molar-refractivity contribution in [3.05, 3.63) is 36.0 Å². The number of hydrogen-bond acceptors (Lipinski definition) is 4. The first-order valence-electron chi connectivity index (χ1n) is 6.65. The van der Waals surface area contributed by atoms with Gasteiger partial charge in [-0.15, -0.1) is 0 Å². The molecule has 0 saturated carbocycles. The molecule has 0 aliphatic heterocycles. The molecule has 1 aromatic heterocycles. The van der Waals surface area contributed by atoms with Crippen LogP contribution in [0.15, 0.2) is 30.5 Å². The van der Waals surface area contributed by atoms with E-state index in [0.29, 0.717) is 25.2 Å². The molecule has 0 saturated heterocycles. The highest BCUT2D eigenvalue weighted by Crippen LogP contribution is 2.29. The highest BCUT2D eigenvalue weighted by atomic mass is 16.4. The number of fused-ring (bicyclic) bond motifs is 1. The number of pyridine rings is 1. The molecule has 0 aliphatic rings. The molecule has 0 atom stereocenters. The molecule has 1 heterocycles. The van der Waals surface area contributed by atoms with Crippen LogP contribution in [0.1, 0.15) is 23.7 Å². The van der Waals surface area contributed by atoms with Crippen LogP contribution in [0.4, 0.5) is 5.69 Å². The molecule has 0 amide bonds. The Bertz CT molecular complexity index is 613. The van der Waals surface area contributed by atoms with Gasteiger partial charge in [-0.3, -0.25) is 4.98 Å². The summed E-state index contributed by atoms with van der Waals surface area (Å²) in [5, 5.41) is 19.2. The number of aromatic carboxylic acids is 1. The predicted octanol–water partition coefficient (Wildman–Crippen LogP) is 2.14. The highest BCUT2D eigenvalue weighted by Gasteiger charge is 2.18. The molecule has 5 nitrogen and oxygen atoms in total. The van der Waals surface area contributed by atoms with Gasteiger partial charge in [0.2, 0.25) is 0 Å². The van der Waals surface area contributed by atoms with Gasteiger partial charge in [0, 0.05) is 31.3 Å². The highest BCUT2D eigenvalue weighted by molar-refractivity contribution is 6.04. The number of aliphatic hydroxyl groups excluding tert-OH is 1. The SMILES string of the molecule is CCN(CCCO)c1c(C(=O)O)cnc2ccccc12. The van der Waals surface area contributed by atoms with Crippen molar-refractivity contribution in [2.24, 2.45) is 0 Å². The third-order valence-electron chi connectivity index (χ3n) is 3.26. The lowest BCUT2D eigenvalue weighted by Crippen LogP contribution is -2.27. The Morgan fingerprint density at radius 2 is 2.10 bits per heavy atom. The van der Waals surface area contributed by atoms with Crippen molar-refractivity contribution in [1.82, 2.24) is 4.98 Å². The number of nitrogens with zero attached hydrogens (tertiary/aromatic N) is 2. The van der Waals surface area contributed by atoms with Crippen LogP contribution in [-0.2, 0) is 0 Å². The molecule has 0 spiro atoms. The maximum absolute atomic E-state index is 11.4. The first-order valence-corrected chi connectivity index (χ1v) is 6.65. The van der Waals surface area contributed by atoms with Gasteiger partial charge in [-0.2, -0.15) is 0 Å². The van der Waals surface area contributed by atoms with E-state index in [0.717, 1.165) is 10.9 Å². The number of aliphatic hydroxyl groups is 1. The number of anilines is 1. The fraction of sp³-hybridized carbons (Fsp3) is 0.333. The summed E-state index contributed by atoms with van der Waals surface area (Å²) in [4.78, 5) is 17.6. The van der Waals surface area contributed by atoms with Crippen molar-refractivity contribution >= 4 is 22.6 Å². The van der Waals surface area contributed by atoms with E-state index in [-0.39, 0.29) is 12.2 Å². The quantitative estimate of drug-likeness (QED) is 0.844. The van der Waals surface area contributed by atoms with E-state index >= 15 is 0 Å². The van der Waals surface area contributed by atoms with Gasteiger partial charge >= 0.3 is 5.97 Å². The van der Waals surface area contributed by atoms with E-state index in [9.17, 15) is 9.90 Å². The monoisotopic (exact) mass is 274 g/mol. The number of para-hydroxylation sites is 1. The summed E-state index contributed by atoms with van der Waals surface area (Å²) in [7, 11) is 0. The van der Waals surface area contributed by atoms with Crippen molar-refractivity contribution in [2.75, 3.05) is 24.6 Å². The topological polar surface area (TPSA) is 73.7 Å². The summed E-state index contributed by atoms with van der Waals surface area (Å²) in [6.45, 7) is 3.34. The number of hydrogen-bond donors (Lipinski definition) is 2. The van der Waals surface area contributed by atoms with E-state index in [1.165, 1.54) is 6.20 Å². The smallest absolute Gasteiger partial charge is 0.339 e. The lowest BCUT2D eigenvalue weighted by Gasteiger charge is -2.25. The van der Waals surface area contributed by atoms with Crippen molar-refractivity contribution in [1.29, 1.82) is 0 Å². The normalized spacial score (nSPS) is 10.7. The van der Waals surface area contributed by atoms with E-state index < -0.39 is 5.97 Å². The third-order valence-corrected chi connectivity index (χ3v) is 3.26. The number of aromatic nitrogens is 1. The van der Waals surface area contributed by atoms with Crippen LogP contribution < -0.4 is 4.90 Å². The van der Waals surface area contributed by atoms with Crippen LogP contribution in [0.5, 0.6) is 0 Å². The zero-order valence-corrected chi connectivity index (χ0v) is 11.4. The van der Waals surface area contributed by atoms with E-state index in [1.807, 2.05) is 36.1 Å². The minimum Gasteiger partial charge on any atom is -0.478 e. The average molecular weight is 274 g/mol. The van der Waals surface area contributed by atoms with Gasteiger partial charge in [0.1, 0.15) is 5.56 Å². The lowest BCUT2D eigenvalue weighted by atomic mass is 10.1. The molecule has 0 radical (unpaired) electrons. The zero-order valence-electron chi connectivity index (χ0n) is 11.4. The Hall–Kier alpha value is -2.14. The Balaban J connectivity index is 2.61. The summed E-state index contributed by atoms with van der Waals surface area (Å²) >= 11 is 0. The molecule has 2 rings (SSSR count). The van der Waals surface area contributed by atoms with Crippen LogP contribution in [0.25, 0.3) is 10.9 Å². The molecule has 1 aromatic carbocycles. The second-order valence-electron chi connectivity index (χ2n) is 4.50. The molecule has 106 valence electrons. The standard InChI is InChI=1S/C15H18N2O3/c1-2-17(8-5-9-18)14-11-6-3-4-7-13(11)16-10-12(14)15(19)20/h3-4,6-7,10,18H,2,5,8-9H2,1H3,(H,19,20). The molecule has 5 heteroatoms. The number of rotatable bonds is 6. The Kier molecular flexibility index (Phi) is 4.53. The predicted molar refractivity (Wildman–Crippen MR) is 78.3 cm³/mol. The molecule has 20 heavy (non-hydrogen) atoms. The summed E-state index contributed by atoms with van der Waals surface area (Å²) in [5.41, 5.74) is 1.65. The van der Waals surface area contributed by atoms with Gasteiger partial charge in [0.15, 0.2) is 0 Å². The molecule has 2 N–H and O–H groups in total. The molecule has 2 aromatic rings. The summed E-state index contributed by atoms with van der Waals surface area (Å²) < 4.78 is 0. The first kappa shape index (κ1) is 14.3. The first-order chi connectivity index (χ1) is 9.69. The van der Waals surface area contributed by atoms with Crippen LogP contribution in [0, 0.1) is 0 Å². The van der Waals surface area contributed by atoms with Crippen LogP contribution in [-0.4, -0.2) is 40.9 Å². The van der Waals surface area contributed by atoms with Gasteiger partial charge in [-0.1, -0.05) is 18.2 Å². The summed E-state index contributed by atoms with van der Waals surface area (Å²) in [6.07, 6.45) is 2.01. The molecular weight excluding hydrogens is 256 g/mol. The second-order valence-corrected chi connectivity index (χ2v) is 4.50. The molecular formula is C15H18N2O3. The van der Waals surface area contributed by atoms with E-state index in [1.54, 1.807) is 0 Å². The van der Waals surface area contributed by atoms with E-state index in [2.05, 4.69) is 4.98 Å². The third kappa shape index (κ3) is 2.72. The van der Waals surface area contributed by atoms with Gasteiger partial charge < -0.3 is 15.1 Å².